The van der Waals surface area contributed by atoms with Gasteiger partial charge in [-0.15, -0.1) is 10.2 Å². The Morgan fingerprint density at radius 1 is 1.04 bits per heavy atom. The number of aromatic nitrogens is 2. The zero-order valence-corrected chi connectivity index (χ0v) is 13.7. The van der Waals surface area contributed by atoms with Crippen LogP contribution in [0.3, 0.4) is 0 Å². The third-order valence-corrected chi connectivity index (χ3v) is 3.56. The van der Waals surface area contributed by atoms with Gasteiger partial charge < -0.3 is 10.6 Å². The first kappa shape index (κ1) is 16.6. The highest BCUT2D eigenvalue weighted by atomic mass is 19.1. The summed E-state index contributed by atoms with van der Waals surface area (Å²) in [4.78, 5) is 12.1. The van der Waals surface area contributed by atoms with Crippen molar-refractivity contribution in [2.75, 3.05) is 10.6 Å². The number of carbonyl (C=O) groups is 1. The summed E-state index contributed by atoms with van der Waals surface area (Å²) in [5, 5.41) is 13.7. The standard InChI is InChI=1S/C19H17FN4O/c1-13-3-2-4-14(11-13)12-21-18-10-9-17(23-24-18)19(25)22-16-7-5-15(20)6-8-16/h2-11H,12H2,1H3,(H,21,24)(H,22,25). The third kappa shape index (κ3) is 4.60. The van der Waals surface area contributed by atoms with E-state index in [0.29, 0.717) is 18.1 Å². The molecule has 0 radical (unpaired) electrons. The molecule has 1 heterocycles. The topological polar surface area (TPSA) is 66.9 Å². The summed E-state index contributed by atoms with van der Waals surface area (Å²) in [5.74, 6) is -0.175. The van der Waals surface area contributed by atoms with Gasteiger partial charge in [-0.05, 0) is 48.9 Å². The molecule has 0 aliphatic carbocycles. The summed E-state index contributed by atoms with van der Waals surface area (Å²) in [6.07, 6.45) is 0. The fraction of sp³-hybridized carbons (Fsp3) is 0.105. The molecular weight excluding hydrogens is 319 g/mol. The summed E-state index contributed by atoms with van der Waals surface area (Å²) in [6, 6.07) is 17.0. The van der Waals surface area contributed by atoms with Crippen LogP contribution in [0.15, 0.2) is 60.7 Å². The zero-order valence-electron chi connectivity index (χ0n) is 13.7. The normalized spacial score (nSPS) is 10.3. The number of anilines is 2. The summed E-state index contributed by atoms with van der Waals surface area (Å²) in [5.41, 5.74) is 3.01. The van der Waals surface area contributed by atoms with Crippen molar-refractivity contribution in [2.45, 2.75) is 13.5 Å². The maximum Gasteiger partial charge on any atom is 0.276 e. The number of benzene rings is 2. The van der Waals surface area contributed by atoms with Gasteiger partial charge in [-0.1, -0.05) is 29.8 Å². The number of halogens is 1. The summed E-state index contributed by atoms with van der Waals surface area (Å²) in [7, 11) is 0. The van der Waals surface area contributed by atoms with E-state index in [2.05, 4.69) is 26.9 Å². The molecule has 0 bridgehead atoms. The molecule has 0 unspecified atom stereocenters. The van der Waals surface area contributed by atoms with Crippen molar-refractivity contribution in [1.82, 2.24) is 10.2 Å². The van der Waals surface area contributed by atoms with Crippen LogP contribution in [0.2, 0.25) is 0 Å². The number of amides is 1. The largest absolute Gasteiger partial charge is 0.365 e. The van der Waals surface area contributed by atoms with Gasteiger partial charge in [0, 0.05) is 12.2 Å². The molecule has 3 rings (SSSR count). The fourth-order valence-corrected chi connectivity index (χ4v) is 2.29. The molecule has 0 saturated carbocycles. The van der Waals surface area contributed by atoms with Crippen LogP contribution in [-0.2, 0) is 6.54 Å². The zero-order chi connectivity index (χ0) is 17.6. The molecule has 2 aromatic carbocycles. The Balaban J connectivity index is 1.59. The maximum absolute atomic E-state index is 12.9. The molecule has 0 aliphatic rings. The minimum atomic E-state index is -0.399. The quantitative estimate of drug-likeness (QED) is 0.744. The van der Waals surface area contributed by atoms with E-state index in [-0.39, 0.29) is 11.5 Å². The van der Waals surface area contributed by atoms with Crippen LogP contribution in [0.5, 0.6) is 0 Å². The smallest absolute Gasteiger partial charge is 0.276 e. The van der Waals surface area contributed by atoms with Gasteiger partial charge in [0.25, 0.3) is 5.91 Å². The number of hydrogen-bond donors (Lipinski definition) is 2. The molecule has 2 N–H and O–H groups in total. The number of rotatable bonds is 5. The fourth-order valence-electron chi connectivity index (χ4n) is 2.29. The van der Waals surface area contributed by atoms with Crippen LogP contribution in [0.1, 0.15) is 21.6 Å². The Morgan fingerprint density at radius 2 is 1.84 bits per heavy atom. The van der Waals surface area contributed by atoms with E-state index in [1.807, 2.05) is 25.1 Å². The van der Waals surface area contributed by atoms with Crippen molar-refractivity contribution in [3.63, 3.8) is 0 Å². The number of nitrogens with one attached hydrogen (secondary N) is 2. The predicted molar refractivity (Wildman–Crippen MR) is 94.9 cm³/mol. The molecular formula is C19H17FN4O. The van der Waals surface area contributed by atoms with Crippen molar-refractivity contribution < 1.29 is 9.18 Å². The minimum absolute atomic E-state index is 0.186. The molecule has 0 fully saturated rings. The lowest BCUT2D eigenvalue weighted by Gasteiger charge is -2.07. The average molecular weight is 336 g/mol. The van der Waals surface area contributed by atoms with Crippen LogP contribution in [0.25, 0.3) is 0 Å². The molecule has 25 heavy (non-hydrogen) atoms. The third-order valence-electron chi connectivity index (χ3n) is 3.56. The Hall–Kier alpha value is -3.28. The van der Waals surface area contributed by atoms with E-state index in [4.69, 9.17) is 0 Å². The van der Waals surface area contributed by atoms with Crippen LogP contribution in [0.4, 0.5) is 15.9 Å². The maximum atomic E-state index is 12.9. The number of nitrogens with zero attached hydrogens (tertiary/aromatic N) is 2. The van der Waals surface area contributed by atoms with Crippen molar-refractivity contribution >= 4 is 17.4 Å². The van der Waals surface area contributed by atoms with Gasteiger partial charge in [0.1, 0.15) is 11.6 Å². The van der Waals surface area contributed by atoms with Gasteiger partial charge in [0.2, 0.25) is 0 Å². The van der Waals surface area contributed by atoms with Crippen LogP contribution < -0.4 is 10.6 Å². The lowest BCUT2D eigenvalue weighted by atomic mass is 10.1. The summed E-state index contributed by atoms with van der Waals surface area (Å²) in [6.45, 7) is 2.66. The Labute approximate surface area is 144 Å². The molecule has 0 saturated heterocycles. The Kier molecular flexibility index (Phi) is 4.99. The SMILES string of the molecule is Cc1cccc(CNc2ccc(C(=O)Nc3ccc(F)cc3)nn2)c1. The van der Waals surface area contributed by atoms with Crippen molar-refractivity contribution in [1.29, 1.82) is 0 Å². The van der Waals surface area contributed by atoms with Gasteiger partial charge in [0.05, 0.1) is 0 Å². The first-order chi connectivity index (χ1) is 12.1. The van der Waals surface area contributed by atoms with E-state index in [9.17, 15) is 9.18 Å². The predicted octanol–water partition coefficient (Wildman–Crippen LogP) is 3.79. The van der Waals surface area contributed by atoms with Crippen molar-refractivity contribution in [3.8, 4) is 0 Å². The Morgan fingerprint density at radius 3 is 2.52 bits per heavy atom. The molecule has 6 heteroatoms. The number of aryl methyl sites for hydroxylation is 1. The molecule has 3 aromatic rings. The lowest BCUT2D eigenvalue weighted by molar-refractivity contribution is 0.102. The molecule has 0 atom stereocenters. The second kappa shape index (κ2) is 7.53. The summed E-state index contributed by atoms with van der Waals surface area (Å²) < 4.78 is 12.9. The molecule has 5 nitrogen and oxygen atoms in total. The molecule has 126 valence electrons. The van der Waals surface area contributed by atoms with Gasteiger partial charge in [-0.2, -0.15) is 0 Å². The van der Waals surface area contributed by atoms with Crippen LogP contribution in [0, 0.1) is 12.7 Å². The van der Waals surface area contributed by atoms with Crippen LogP contribution in [-0.4, -0.2) is 16.1 Å². The second-order valence-electron chi connectivity index (χ2n) is 5.61. The number of carbonyl (C=O) groups excluding carboxylic acids is 1. The first-order valence-corrected chi connectivity index (χ1v) is 7.80. The van der Waals surface area contributed by atoms with E-state index in [0.717, 1.165) is 5.56 Å². The lowest BCUT2D eigenvalue weighted by Crippen LogP contribution is -2.14. The first-order valence-electron chi connectivity index (χ1n) is 7.80. The van der Waals surface area contributed by atoms with E-state index < -0.39 is 5.91 Å². The highest BCUT2D eigenvalue weighted by Gasteiger charge is 2.09. The highest BCUT2D eigenvalue weighted by molar-refractivity contribution is 6.02. The Bertz CT molecular complexity index is 863. The molecule has 0 spiro atoms. The van der Waals surface area contributed by atoms with Gasteiger partial charge in [-0.25, -0.2) is 4.39 Å². The van der Waals surface area contributed by atoms with Crippen molar-refractivity contribution in [3.05, 3.63) is 83.3 Å². The van der Waals surface area contributed by atoms with Gasteiger partial charge in [-0.3, -0.25) is 4.79 Å². The van der Waals surface area contributed by atoms with Crippen molar-refractivity contribution in [2.24, 2.45) is 0 Å². The van der Waals surface area contributed by atoms with Gasteiger partial charge in [0.15, 0.2) is 5.69 Å². The monoisotopic (exact) mass is 336 g/mol. The van der Waals surface area contributed by atoms with E-state index in [1.54, 1.807) is 12.1 Å². The summed E-state index contributed by atoms with van der Waals surface area (Å²) >= 11 is 0. The second-order valence-corrected chi connectivity index (χ2v) is 5.61. The van der Waals surface area contributed by atoms with Gasteiger partial charge >= 0.3 is 0 Å². The molecule has 1 aromatic heterocycles. The molecule has 0 aliphatic heterocycles. The minimum Gasteiger partial charge on any atom is -0.365 e. The highest BCUT2D eigenvalue weighted by Crippen LogP contribution is 2.11. The average Bonchev–Trinajstić information content (AvgIpc) is 2.62. The molecule has 1 amide bonds. The van der Waals surface area contributed by atoms with E-state index >= 15 is 0 Å². The van der Waals surface area contributed by atoms with Crippen LogP contribution >= 0.6 is 0 Å². The van der Waals surface area contributed by atoms with E-state index in [1.165, 1.54) is 29.8 Å². The number of hydrogen-bond acceptors (Lipinski definition) is 4.